The highest BCUT2D eigenvalue weighted by atomic mass is 32.1. The van der Waals surface area contributed by atoms with Crippen LogP contribution in [0.5, 0.6) is 0 Å². The lowest BCUT2D eigenvalue weighted by atomic mass is 9.87. The Balaban J connectivity index is 1.88. The highest BCUT2D eigenvalue weighted by Gasteiger charge is 2.20. The molecule has 0 radical (unpaired) electrons. The number of thiol groups is 1. The number of amides is 1. The number of hydrogen-bond donors (Lipinski definition) is 2. The molecule has 0 spiro atoms. The number of nitrogens with one attached hydrogen (secondary N) is 1. The molecule has 0 unspecified atom stereocenters. The Kier molecular flexibility index (Phi) is 3.92. The minimum atomic E-state index is 0.0600. The van der Waals surface area contributed by atoms with Crippen molar-refractivity contribution in [3.63, 3.8) is 0 Å². The van der Waals surface area contributed by atoms with Gasteiger partial charge < -0.3 is 5.32 Å². The average molecular weight is 255 g/mol. The van der Waals surface area contributed by atoms with Gasteiger partial charge in [-0.1, -0.05) is 6.92 Å². The summed E-state index contributed by atoms with van der Waals surface area (Å²) in [4.78, 5) is 13.5. The van der Waals surface area contributed by atoms with Gasteiger partial charge in [0.1, 0.15) is 0 Å². The summed E-state index contributed by atoms with van der Waals surface area (Å²) < 4.78 is 0. The van der Waals surface area contributed by atoms with Crippen molar-refractivity contribution in [1.82, 2.24) is 5.32 Å². The maximum absolute atomic E-state index is 11.9. The molecule has 1 saturated carbocycles. The minimum Gasteiger partial charge on any atom is -0.349 e. The monoisotopic (exact) mass is 255 g/mol. The summed E-state index contributed by atoms with van der Waals surface area (Å²) in [5.41, 5.74) is 0. The molecule has 2 rings (SSSR count). The van der Waals surface area contributed by atoms with Gasteiger partial charge in [-0.05, 0) is 37.7 Å². The molecule has 88 valence electrons. The van der Waals surface area contributed by atoms with Crippen LogP contribution in [0.4, 0.5) is 0 Å². The third-order valence-electron chi connectivity index (χ3n) is 3.16. The van der Waals surface area contributed by atoms with Gasteiger partial charge in [0.25, 0.3) is 5.91 Å². The summed E-state index contributed by atoms with van der Waals surface area (Å²) in [5, 5.41) is 5.00. The fourth-order valence-electron chi connectivity index (χ4n) is 2.11. The smallest absolute Gasteiger partial charge is 0.261 e. The lowest BCUT2D eigenvalue weighted by Gasteiger charge is -2.26. The molecule has 1 aromatic rings. The molecule has 0 bridgehead atoms. The van der Waals surface area contributed by atoms with Gasteiger partial charge in [0.05, 0.1) is 4.88 Å². The summed E-state index contributed by atoms with van der Waals surface area (Å²) in [6.07, 6.45) is 4.69. The first kappa shape index (κ1) is 12.0. The summed E-state index contributed by atoms with van der Waals surface area (Å²) in [6.45, 7) is 2.28. The molecule has 0 saturated heterocycles. The molecule has 1 N–H and O–H groups in total. The lowest BCUT2D eigenvalue weighted by Crippen LogP contribution is -2.36. The number of hydrogen-bond acceptors (Lipinski definition) is 3. The van der Waals surface area contributed by atoms with Crippen LogP contribution in [0.2, 0.25) is 0 Å². The Morgan fingerprint density at radius 1 is 1.44 bits per heavy atom. The fraction of sp³-hybridized carbons (Fsp3) is 0.583. The molecular formula is C12H17NOS2. The van der Waals surface area contributed by atoms with Crippen molar-refractivity contribution in [2.45, 2.75) is 43.5 Å². The van der Waals surface area contributed by atoms with Gasteiger partial charge in [0.2, 0.25) is 0 Å². The van der Waals surface area contributed by atoms with Crippen LogP contribution in [0.15, 0.2) is 16.3 Å². The largest absolute Gasteiger partial charge is 0.349 e. The Hall–Kier alpha value is -0.480. The van der Waals surface area contributed by atoms with E-state index in [4.69, 9.17) is 0 Å². The number of carbonyl (C=O) groups is 1. The number of rotatable bonds is 2. The Bertz CT molecular complexity index is 367. The van der Waals surface area contributed by atoms with Crippen LogP contribution >= 0.6 is 24.0 Å². The predicted octanol–water partition coefficient (Wildman–Crippen LogP) is 3.35. The van der Waals surface area contributed by atoms with E-state index in [9.17, 15) is 4.79 Å². The van der Waals surface area contributed by atoms with Crippen molar-refractivity contribution in [3.8, 4) is 0 Å². The van der Waals surface area contributed by atoms with Crippen LogP contribution in [0.25, 0.3) is 0 Å². The topological polar surface area (TPSA) is 29.1 Å². The normalized spacial score (nSPS) is 25.4. The van der Waals surface area contributed by atoms with Crippen LogP contribution in [-0.2, 0) is 0 Å². The summed E-state index contributed by atoms with van der Waals surface area (Å²) >= 11 is 5.67. The van der Waals surface area contributed by atoms with Crippen LogP contribution < -0.4 is 5.32 Å². The van der Waals surface area contributed by atoms with Crippen molar-refractivity contribution in [3.05, 3.63) is 16.3 Å². The van der Waals surface area contributed by atoms with Gasteiger partial charge in [-0.3, -0.25) is 4.79 Å². The van der Waals surface area contributed by atoms with Crippen molar-refractivity contribution in [1.29, 1.82) is 0 Å². The lowest BCUT2D eigenvalue weighted by molar-refractivity contribution is 0.0927. The van der Waals surface area contributed by atoms with E-state index in [1.165, 1.54) is 24.2 Å². The van der Waals surface area contributed by atoms with Crippen molar-refractivity contribution in [2.75, 3.05) is 0 Å². The second kappa shape index (κ2) is 5.23. The van der Waals surface area contributed by atoms with Gasteiger partial charge in [0.15, 0.2) is 0 Å². The molecule has 2 nitrogen and oxygen atoms in total. The van der Waals surface area contributed by atoms with Crippen LogP contribution in [0, 0.1) is 5.92 Å². The van der Waals surface area contributed by atoms with E-state index in [0.717, 1.165) is 28.5 Å². The number of carbonyl (C=O) groups excluding carboxylic acids is 1. The first-order chi connectivity index (χ1) is 7.65. The quantitative estimate of drug-likeness (QED) is 0.780. The van der Waals surface area contributed by atoms with E-state index in [2.05, 4.69) is 24.9 Å². The molecule has 1 heterocycles. The van der Waals surface area contributed by atoms with Gasteiger partial charge in [0, 0.05) is 16.3 Å². The zero-order valence-corrected chi connectivity index (χ0v) is 11.1. The van der Waals surface area contributed by atoms with E-state index in [0.29, 0.717) is 6.04 Å². The summed E-state index contributed by atoms with van der Waals surface area (Å²) in [6, 6.07) is 2.20. The molecule has 16 heavy (non-hydrogen) atoms. The second-order valence-corrected chi connectivity index (χ2v) is 6.03. The van der Waals surface area contributed by atoms with Gasteiger partial charge in [-0.15, -0.1) is 24.0 Å². The van der Waals surface area contributed by atoms with Crippen LogP contribution in [0.3, 0.4) is 0 Å². The maximum Gasteiger partial charge on any atom is 0.261 e. The van der Waals surface area contributed by atoms with Gasteiger partial charge >= 0.3 is 0 Å². The average Bonchev–Trinajstić information content (AvgIpc) is 2.68. The molecule has 0 aliphatic heterocycles. The van der Waals surface area contributed by atoms with E-state index in [1.54, 1.807) is 0 Å². The van der Waals surface area contributed by atoms with Crippen molar-refractivity contribution in [2.24, 2.45) is 5.92 Å². The molecule has 0 aromatic carbocycles. The Morgan fingerprint density at radius 3 is 2.69 bits per heavy atom. The Morgan fingerprint density at radius 2 is 2.12 bits per heavy atom. The number of thiophene rings is 1. The zero-order valence-electron chi connectivity index (χ0n) is 9.40. The second-order valence-electron chi connectivity index (χ2n) is 4.60. The third-order valence-corrected chi connectivity index (χ3v) is 4.52. The predicted molar refractivity (Wildman–Crippen MR) is 70.5 cm³/mol. The van der Waals surface area contributed by atoms with Crippen molar-refractivity contribution < 1.29 is 4.79 Å². The molecule has 4 heteroatoms. The Labute approximate surface area is 106 Å². The molecule has 1 aliphatic carbocycles. The maximum atomic E-state index is 11.9. The van der Waals surface area contributed by atoms with E-state index in [1.807, 2.05) is 11.4 Å². The van der Waals surface area contributed by atoms with E-state index >= 15 is 0 Å². The van der Waals surface area contributed by atoms with Crippen molar-refractivity contribution >= 4 is 29.9 Å². The SMILES string of the molecule is CC1CCC(NC(=O)c2cc(S)cs2)CC1. The third kappa shape index (κ3) is 3.01. The van der Waals surface area contributed by atoms with Crippen LogP contribution in [0.1, 0.15) is 42.3 Å². The molecule has 1 fully saturated rings. The molecule has 1 aliphatic rings. The van der Waals surface area contributed by atoms with Gasteiger partial charge in [-0.25, -0.2) is 0 Å². The highest BCUT2D eigenvalue weighted by molar-refractivity contribution is 7.80. The molecule has 1 amide bonds. The van der Waals surface area contributed by atoms with Gasteiger partial charge in [-0.2, -0.15) is 0 Å². The zero-order chi connectivity index (χ0) is 11.5. The molecule has 1 aromatic heterocycles. The summed E-state index contributed by atoms with van der Waals surface area (Å²) in [5.74, 6) is 0.879. The first-order valence-corrected chi connectivity index (χ1v) is 7.06. The summed E-state index contributed by atoms with van der Waals surface area (Å²) in [7, 11) is 0. The van der Waals surface area contributed by atoms with E-state index < -0.39 is 0 Å². The van der Waals surface area contributed by atoms with E-state index in [-0.39, 0.29) is 5.91 Å². The van der Waals surface area contributed by atoms with Crippen LogP contribution in [-0.4, -0.2) is 11.9 Å². The standard InChI is InChI=1S/C12H17NOS2/c1-8-2-4-9(5-3-8)13-12(14)11-6-10(15)7-16-11/h6-9,15H,2-5H2,1H3,(H,13,14). The molecular weight excluding hydrogens is 238 g/mol. The minimum absolute atomic E-state index is 0.0600. The highest BCUT2D eigenvalue weighted by Crippen LogP contribution is 2.24. The molecule has 0 atom stereocenters. The first-order valence-electron chi connectivity index (χ1n) is 5.73. The fourth-order valence-corrected chi connectivity index (χ4v) is 3.16.